The quantitative estimate of drug-likeness (QED) is 0.634. The van der Waals surface area contributed by atoms with E-state index in [1.54, 1.807) is 4.90 Å². The Morgan fingerprint density at radius 2 is 2.06 bits per heavy atom. The highest BCUT2D eigenvalue weighted by Gasteiger charge is 2.41. The predicted molar refractivity (Wildman–Crippen MR) is 59.9 cm³/mol. The van der Waals surface area contributed by atoms with E-state index in [-0.39, 0.29) is 12.0 Å². The van der Waals surface area contributed by atoms with Gasteiger partial charge in [-0.05, 0) is 20.8 Å². The van der Waals surface area contributed by atoms with Crippen LogP contribution in [0.2, 0.25) is 0 Å². The van der Waals surface area contributed by atoms with Gasteiger partial charge in [0.15, 0.2) is 0 Å². The second-order valence-corrected chi connectivity index (χ2v) is 5.59. The minimum atomic E-state index is -0.455. The molecule has 0 saturated carbocycles. The van der Waals surface area contributed by atoms with Gasteiger partial charge in [-0.15, -0.1) is 0 Å². The summed E-state index contributed by atoms with van der Waals surface area (Å²) in [5.74, 6) is 0.454. The Bertz CT molecular complexity index is 319. The molecule has 4 nitrogen and oxygen atoms in total. The summed E-state index contributed by atoms with van der Waals surface area (Å²) in [6.45, 7) is 6.82. The Kier molecular flexibility index (Phi) is 2.70. The van der Waals surface area contributed by atoms with Crippen LogP contribution in [-0.4, -0.2) is 40.9 Å². The lowest BCUT2D eigenvalue weighted by atomic mass is 9.98. The third kappa shape index (κ3) is 2.21. The van der Waals surface area contributed by atoms with E-state index in [0.717, 1.165) is 0 Å². The molecule has 1 fully saturated rings. The van der Waals surface area contributed by atoms with Gasteiger partial charge in [0.1, 0.15) is 5.60 Å². The number of hydrogen-bond donors (Lipinski definition) is 1. The molecule has 4 heteroatoms. The van der Waals surface area contributed by atoms with Crippen LogP contribution in [0.5, 0.6) is 0 Å². The Morgan fingerprint density at radius 3 is 2.62 bits per heavy atom. The lowest BCUT2D eigenvalue weighted by Gasteiger charge is -2.24. The van der Waals surface area contributed by atoms with E-state index in [2.05, 4.69) is 0 Å². The van der Waals surface area contributed by atoms with Crippen molar-refractivity contribution < 1.29 is 14.6 Å². The van der Waals surface area contributed by atoms with E-state index in [9.17, 15) is 9.90 Å². The fraction of sp³-hybridized carbons (Fsp3) is 0.750. The molecule has 0 aromatic rings. The van der Waals surface area contributed by atoms with Crippen molar-refractivity contribution in [1.82, 2.24) is 4.90 Å². The molecule has 1 N–H and O–H groups in total. The van der Waals surface area contributed by atoms with E-state index in [4.69, 9.17) is 4.74 Å². The average Bonchev–Trinajstić information content (AvgIpc) is 2.65. The van der Waals surface area contributed by atoms with Crippen molar-refractivity contribution >= 4 is 6.09 Å². The zero-order valence-corrected chi connectivity index (χ0v) is 10.0. The highest BCUT2D eigenvalue weighted by molar-refractivity contribution is 5.68. The van der Waals surface area contributed by atoms with Crippen LogP contribution < -0.4 is 0 Å². The normalized spacial score (nSPS) is 33.0. The fourth-order valence-corrected chi connectivity index (χ4v) is 2.29. The molecular weight excluding hydrogens is 206 g/mol. The first kappa shape index (κ1) is 11.5. The van der Waals surface area contributed by atoms with Gasteiger partial charge >= 0.3 is 6.09 Å². The standard InChI is InChI=1S/C12H19NO3/c1-12(2,3)16-11(15)13-6-8-4-5-10(14)9(8)7-13/h4-5,8-10,14H,6-7H2,1-3H3/t8-,9-,10-/m0/s1. The molecule has 90 valence electrons. The highest BCUT2D eigenvalue weighted by Crippen LogP contribution is 2.33. The topological polar surface area (TPSA) is 49.8 Å². The summed E-state index contributed by atoms with van der Waals surface area (Å²) >= 11 is 0. The van der Waals surface area contributed by atoms with Crippen LogP contribution in [0.1, 0.15) is 20.8 Å². The van der Waals surface area contributed by atoms with E-state index in [1.807, 2.05) is 32.9 Å². The van der Waals surface area contributed by atoms with Crippen molar-refractivity contribution in [3.05, 3.63) is 12.2 Å². The van der Waals surface area contributed by atoms with Gasteiger partial charge in [0.25, 0.3) is 0 Å². The second kappa shape index (κ2) is 3.77. The smallest absolute Gasteiger partial charge is 0.410 e. The first-order chi connectivity index (χ1) is 7.37. The number of hydrogen-bond acceptors (Lipinski definition) is 3. The van der Waals surface area contributed by atoms with Gasteiger partial charge in [0.05, 0.1) is 6.10 Å². The zero-order valence-electron chi connectivity index (χ0n) is 10.0. The number of fused-ring (bicyclic) bond motifs is 1. The minimum Gasteiger partial charge on any atom is -0.444 e. The van der Waals surface area contributed by atoms with E-state index in [0.29, 0.717) is 19.0 Å². The number of carbonyl (C=O) groups is 1. The molecule has 0 unspecified atom stereocenters. The number of carbonyl (C=O) groups excluding carboxylic acids is 1. The Balaban J connectivity index is 1.94. The molecule has 0 aromatic heterocycles. The molecule has 2 aliphatic rings. The monoisotopic (exact) mass is 225 g/mol. The lowest BCUT2D eigenvalue weighted by molar-refractivity contribution is 0.0275. The van der Waals surface area contributed by atoms with Gasteiger partial charge in [-0.25, -0.2) is 4.79 Å². The SMILES string of the molecule is CC(C)(C)OC(=O)N1C[C@@H]2[C@@H](O)C=C[C@H]2C1. The molecule has 0 spiro atoms. The first-order valence-corrected chi connectivity index (χ1v) is 5.71. The molecule has 1 saturated heterocycles. The minimum absolute atomic E-state index is 0.160. The van der Waals surface area contributed by atoms with Gasteiger partial charge in [0, 0.05) is 24.9 Å². The van der Waals surface area contributed by atoms with Crippen molar-refractivity contribution in [2.24, 2.45) is 11.8 Å². The molecule has 1 amide bonds. The molecule has 0 bridgehead atoms. The van der Waals surface area contributed by atoms with Crippen LogP contribution in [0, 0.1) is 11.8 Å². The second-order valence-electron chi connectivity index (χ2n) is 5.59. The van der Waals surface area contributed by atoms with Crippen molar-refractivity contribution in [1.29, 1.82) is 0 Å². The van der Waals surface area contributed by atoms with E-state index >= 15 is 0 Å². The maximum absolute atomic E-state index is 11.8. The Labute approximate surface area is 95.9 Å². The van der Waals surface area contributed by atoms with Crippen molar-refractivity contribution in [3.8, 4) is 0 Å². The molecule has 0 radical (unpaired) electrons. The lowest BCUT2D eigenvalue weighted by Crippen LogP contribution is -2.36. The van der Waals surface area contributed by atoms with E-state index in [1.165, 1.54) is 0 Å². The molecule has 1 aliphatic heterocycles. The molecule has 0 aromatic carbocycles. The number of aliphatic hydroxyl groups excluding tert-OH is 1. The maximum atomic E-state index is 11.8. The number of nitrogens with zero attached hydrogens (tertiary/aromatic N) is 1. The molecule has 2 rings (SSSR count). The van der Waals surface area contributed by atoms with Crippen LogP contribution in [0.4, 0.5) is 4.79 Å². The number of amides is 1. The zero-order chi connectivity index (χ0) is 11.9. The molecule has 16 heavy (non-hydrogen) atoms. The average molecular weight is 225 g/mol. The Hall–Kier alpha value is -1.03. The number of rotatable bonds is 0. The molecular formula is C12H19NO3. The van der Waals surface area contributed by atoms with E-state index < -0.39 is 11.7 Å². The fourth-order valence-electron chi connectivity index (χ4n) is 2.29. The van der Waals surface area contributed by atoms with Gasteiger partial charge < -0.3 is 14.7 Å². The summed E-state index contributed by atoms with van der Waals surface area (Å²) in [5.41, 5.74) is -0.455. The van der Waals surface area contributed by atoms with Crippen molar-refractivity contribution in [2.45, 2.75) is 32.5 Å². The number of ether oxygens (including phenoxy) is 1. The summed E-state index contributed by atoms with van der Waals surface area (Å²) in [4.78, 5) is 13.5. The summed E-state index contributed by atoms with van der Waals surface area (Å²) in [5, 5.41) is 9.67. The van der Waals surface area contributed by atoms with Crippen LogP contribution in [-0.2, 0) is 4.74 Å². The van der Waals surface area contributed by atoms with Gasteiger partial charge in [-0.3, -0.25) is 0 Å². The van der Waals surface area contributed by atoms with Crippen LogP contribution in [0.3, 0.4) is 0 Å². The third-order valence-electron chi connectivity index (χ3n) is 3.06. The molecule has 1 aliphatic carbocycles. The first-order valence-electron chi connectivity index (χ1n) is 5.71. The predicted octanol–water partition coefficient (Wildman–Crippen LogP) is 1.40. The van der Waals surface area contributed by atoms with Gasteiger partial charge in [-0.2, -0.15) is 0 Å². The maximum Gasteiger partial charge on any atom is 0.410 e. The highest BCUT2D eigenvalue weighted by atomic mass is 16.6. The Morgan fingerprint density at radius 1 is 1.38 bits per heavy atom. The van der Waals surface area contributed by atoms with Crippen LogP contribution >= 0.6 is 0 Å². The molecule has 3 atom stereocenters. The molecule has 1 heterocycles. The van der Waals surface area contributed by atoms with Gasteiger partial charge in [-0.1, -0.05) is 12.2 Å². The van der Waals surface area contributed by atoms with Gasteiger partial charge in [0.2, 0.25) is 0 Å². The van der Waals surface area contributed by atoms with Crippen molar-refractivity contribution in [2.75, 3.05) is 13.1 Å². The number of aliphatic hydroxyl groups is 1. The van der Waals surface area contributed by atoms with Crippen LogP contribution in [0.25, 0.3) is 0 Å². The van der Waals surface area contributed by atoms with Crippen molar-refractivity contribution in [3.63, 3.8) is 0 Å². The summed E-state index contributed by atoms with van der Waals surface area (Å²) in [6.07, 6.45) is 3.14. The van der Waals surface area contributed by atoms with Crippen LogP contribution in [0.15, 0.2) is 12.2 Å². The summed E-state index contributed by atoms with van der Waals surface area (Å²) < 4.78 is 5.30. The third-order valence-corrected chi connectivity index (χ3v) is 3.06. The largest absolute Gasteiger partial charge is 0.444 e. The summed E-state index contributed by atoms with van der Waals surface area (Å²) in [6, 6.07) is 0. The number of likely N-dealkylation sites (tertiary alicyclic amines) is 1. The summed E-state index contributed by atoms with van der Waals surface area (Å²) in [7, 11) is 0.